The van der Waals surface area contributed by atoms with E-state index in [1.807, 2.05) is 0 Å². The quantitative estimate of drug-likeness (QED) is 0.315. The normalized spacial score (nSPS) is 15.5. The molecular formula is C7H16N2O5S. The molecule has 0 saturated carbocycles. The van der Waals surface area contributed by atoms with Gasteiger partial charge in [0.25, 0.3) is 0 Å². The van der Waals surface area contributed by atoms with E-state index in [0.717, 1.165) is 0 Å². The number of rotatable bonds is 4. The fraction of sp³-hybridized carbons (Fsp3) is 0.714. The zero-order valence-electron chi connectivity index (χ0n) is 8.20. The first kappa shape index (κ1) is 16.6. The van der Waals surface area contributed by atoms with Crippen LogP contribution in [0.25, 0.3) is 0 Å². The van der Waals surface area contributed by atoms with Crippen molar-refractivity contribution in [2.75, 3.05) is 5.75 Å². The van der Waals surface area contributed by atoms with Gasteiger partial charge in [0.05, 0.1) is 6.10 Å². The van der Waals surface area contributed by atoms with Crippen LogP contribution in [-0.2, 0) is 9.59 Å². The molecule has 0 rings (SSSR count). The molecule has 0 spiro atoms. The molecule has 0 heterocycles. The maximum atomic E-state index is 9.86. The Balaban J connectivity index is 0. The van der Waals surface area contributed by atoms with Crippen LogP contribution >= 0.6 is 12.6 Å². The van der Waals surface area contributed by atoms with Gasteiger partial charge in [-0.15, -0.1) is 0 Å². The summed E-state index contributed by atoms with van der Waals surface area (Å²) in [5.41, 5.74) is 9.85. The zero-order chi connectivity index (χ0) is 12.6. The second kappa shape index (κ2) is 8.48. The van der Waals surface area contributed by atoms with Crippen LogP contribution < -0.4 is 11.5 Å². The summed E-state index contributed by atoms with van der Waals surface area (Å²) in [7, 11) is 0. The number of aliphatic hydroxyl groups is 1. The molecule has 0 aliphatic heterocycles. The summed E-state index contributed by atoms with van der Waals surface area (Å²) in [6.07, 6.45) is -0.979. The highest BCUT2D eigenvalue weighted by molar-refractivity contribution is 7.80. The minimum atomic E-state index is -1.18. The van der Waals surface area contributed by atoms with Crippen LogP contribution in [0.2, 0.25) is 0 Å². The second-order valence-electron chi connectivity index (χ2n) is 2.73. The van der Waals surface area contributed by atoms with E-state index in [2.05, 4.69) is 12.6 Å². The van der Waals surface area contributed by atoms with Gasteiger partial charge < -0.3 is 26.8 Å². The molecule has 0 radical (unpaired) electrons. The van der Waals surface area contributed by atoms with Crippen molar-refractivity contribution in [3.63, 3.8) is 0 Å². The van der Waals surface area contributed by atoms with Crippen molar-refractivity contribution in [2.24, 2.45) is 11.5 Å². The summed E-state index contributed by atoms with van der Waals surface area (Å²) >= 11 is 3.65. The molecule has 0 amide bonds. The molecule has 3 atom stereocenters. The van der Waals surface area contributed by atoms with Crippen LogP contribution in [0.1, 0.15) is 6.92 Å². The third kappa shape index (κ3) is 9.47. The van der Waals surface area contributed by atoms with Crippen LogP contribution in [0, 0.1) is 0 Å². The van der Waals surface area contributed by atoms with Gasteiger partial charge in [-0.25, -0.2) is 0 Å². The zero-order valence-corrected chi connectivity index (χ0v) is 9.09. The Morgan fingerprint density at radius 2 is 1.67 bits per heavy atom. The topological polar surface area (TPSA) is 147 Å². The first-order chi connectivity index (χ1) is 6.73. The number of aliphatic hydroxyl groups excluding tert-OH is 1. The second-order valence-corrected chi connectivity index (χ2v) is 3.10. The lowest BCUT2D eigenvalue weighted by molar-refractivity contribution is -0.141. The van der Waals surface area contributed by atoms with Crippen molar-refractivity contribution < 1.29 is 24.9 Å². The Morgan fingerprint density at radius 3 is 1.67 bits per heavy atom. The molecule has 0 aromatic heterocycles. The van der Waals surface area contributed by atoms with Gasteiger partial charge >= 0.3 is 11.9 Å². The van der Waals surface area contributed by atoms with Crippen molar-refractivity contribution >= 4 is 24.6 Å². The highest BCUT2D eigenvalue weighted by Crippen LogP contribution is 1.85. The Morgan fingerprint density at radius 1 is 1.27 bits per heavy atom. The van der Waals surface area contributed by atoms with E-state index in [0.29, 0.717) is 0 Å². The lowest BCUT2D eigenvalue weighted by atomic mass is 10.2. The Kier molecular flexibility index (Phi) is 9.38. The summed E-state index contributed by atoms with van der Waals surface area (Å²) in [5, 5.41) is 24.6. The van der Waals surface area contributed by atoms with Gasteiger partial charge in [0.2, 0.25) is 0 Å². The molecule has 0 aliphatic rings. The van der Waals surface area contributed by atoms with Gasteiger partial charge in [0.15, 0.2) is 0 Å². The maximum Gasteiger partial charge on any atom is 0.323 e. The summed E-state index contributed by atoms with van der Waals surface area (Å²) in [4.78, 5) is 19.6. The number of carboxylic acid groups (broad SMARTS) is 2. The highest BCUT2D eigenvalue weighted by Gasteiger charge is 2.16. The number of aliphatic carboxylic acids is 2. The van der Waals surface area contributed by atoms with Crippen LogP contribution in [0.15, 0.2) is 0 Å². The van der Waals surface area contributed by atoms with Crippen LogP contribution in [0.5, 0.6) is 0 Å². The third-order valence-corrected chi connectivity index (χ3v) is 1.71. The minimum absolute atomic E-state index is 0.190. The maximum absolute atomic E-state index is 9.86. The average molecular weight is 240 g/mol. The van der Waals surface area contributed by atoms with Crippen LogP contribution in [-0.4, -0.2) is 51.2 Å². The van der Waals surface area contributed by atoms with Crippen molar-refractivity contribution in [3.8, 4) is 0 Å². The number of hydrogen-bond donors (Lipinski definition) is 6. The summed E-state index contributed by atoms with van der Waals surface area (Å²) in [6, 6.07) is -1.97. The molecule has 0 aromatic carbocycles. The van der Waals surface area contributed by atoms with Crippen molar-refractivity contribution in [1.29, 1.82) is 0 Å². The first-order valence-corrected chi connectivity index (χ1v) is 4.63. The fourth-order valence-corrected chi connectivity index (χ4v) is 0.441. The number of nitrogens with two attached hydrogens (primary N) is 2. The third-order valence-electron chi connectivity index (χ3n) is 1.32. The van der Waals surface area contributed by atoms with E-state index in [1.165, 1.54) is 6.92 Å². The van der Waals surface area contributed by atoms with Gasteiger partial charge in [-0.05, 0) is 6.92 Å². The molecule has 7 nitrogen and oxygen atoms in total. The van der Waals surface area contributed by atoms with Gasteiger partial charge in [0.1, 0.15) is 12.1 Å². The molecule has 15 heavy (non-hydrogen) atoms. The van der Waals surface area contributed by atoms with E-state index >= 15 is 0 Å². The van der Waals surface area contributed by atoms with Gasteiger partial charge in [-0.3, -0.25) is 9.59 Å². The van der Waals surface area contributed by atoms with E-state index in [4.69, 9.17) is 26.8 Å². The average Bonchev–Trinajstić information content (AvgIpc) is 2.15. The number of carboxylic acids is 2. The fourth-order valence-electron chi connectivity index (χ4n) is 0.284. The first-order valence-electron chi connectivity index (χ1n) is 3.99. The van der Waals surface area contributed by atoms with Crippen LogP contribution in [0.4, 0.5) is 0 Å². The van der Waals surface area contributed by atoms with Gasteiger partial charge in [-0.1, -0.05) is 0 Å². The molecule has 7 N–H and O–H groups in total. The molecule has 90 valence electrons. The van der Waals surface area contributed by atoms with E-state index in [1.54, 1.807) is 0 Å². The van der Waals surface area contributed by atoms with Gasteiger partial charge in [0, 0.05) is 5.75 Å². The Hall–Kier alpha value is -0.830. The Labute approximate surface area is 92.5 Å². The number of thiol groups is 1. The minimum Gasteiger partial charge on any atom is -0.480 e. The van der Waals surface area contributed by atoms with E-state index in [-0.39, 0.29) is 5.75 Å². The highest BCUT2D eigenvalue weighted by atomic mass is 32.1. The SMILES string of the molecule is CC(O)C(N)C(=O)O.NC(CS)C(=O)O. The molecule has 3 unspecified atom stereocenters. The van der Waals surface area contributed by atoms with Gasteiger partial charge in [-0.2, -0.15) is 12.6 Å². The number of carbonyl (C=O) groups is 2. The summed E-state index contributed by atoms with van der Waals surface area (Å²) in [5.74, 6) is -2.00. The van der Waals surface area contributed by atoms with E-state index < -0.39 is 30.1 Å². The summed E-state index contributed by atoms with van der Waals surface area (Å²) in [6.45, 7) is 1.33. The molecule has 0 fully saturated rings. The smallest absolute Gasteiger partial charge is 0.323 e. The predicted octanol–water partition coefficient (Wildman–Crippen LogP) is -1.89. The molecule has 0 bridgehead atoms. The molecule has 0 aliphatic carbocycles. The van der Waals surface area contributed by atoms with Crippen molar-refractivity contribution in [3.05, 3.63) is 0 Å². The van der Waals surface area contributed by atoms with Crippen LogP contribution in [0.3, 0.4) is 0 Å². The standard InChI is InChI=1S/C4H9NO3.C3H7NO2S/c1-2(6)3(5)4(7)8;4-2(1-7)3(5)6/h2-3,6H,5H2,1H3,(H,7,8);2,7H,1,4H2,(H,5,6). The lowest BCUT2D eigenvalue weighted by Crippen LogP contribution is -2.39. The monoisotopic (exact) mass is 240 g/mol. The molecule has 0 saturated heterocycles. The number of hydrogen-bond acceptors (Lipinski definition) is 6. The molecular weight excluding hydrogens is 224 g/mol. The van der Waals surface area contributed by atoms with Crippen molar-refractivity contribution in [2.45, 2.75) is 25.1 Å². The molecule has 0 aromatic rings. The molecule has 8 heteroatoms. The lowest BCUT2D eigenvalue weighted by Gasteiger charge is -2.06. The summed E-state index contributed by atoms with van der Waals surface area (Å²) < 4.78 is 0. The van der Waals surface area contributed by atoms with Crippen molar-refractivity contribution in [1.82, 2.24) is 0 Å². The van der Waals surface area contributed by atoms with E-state index in [9.17, 15) is 9.59 Å². The predicted molar refractivity (Wildman–Crippen MR) is 56.8 cm³/mol. The largest absolute Gasteiger partial charge is 0.480 e. The Bertz CT molecular complexity index is 212.